The zero-order valence-corrected chi connectivity index (χ0v) is 14.4. The molecule has 0 amide bonds. The van der Waals surface area contributed by atoms with E-state index in [2.05, 4.69) is 37.9 Å². The van der Waals surface area contributed by atoms with Gasteiger partial charge in [0.25, 0.3) is 0 Å². The number of rotatable bonds is 2. The maximum atomic E-state index is 8.29. The Kier molecular flexibility index (Phi) is 2.71. The van der Waals surface area contributed by atoms with Crippen molar-refractivity contribution in [3.63, 3.8) is 0 Å². The van der Waals surface area contributed by atoms with Gasteiger partial charge in [0, 0.05) is 23.0 Å². The van der Waals surface area contributed by atoms with Gasteiger partial charge in [-0.25, -0.2) is 4.98 Å². The van der Waals surface area contributed by atoms with Gasteiger partial charge in [0.15, 0.2) is 6.20 Å². The number of benzene rings is 1. The lowest BCUT2D eigenvalue weighted by atomic mass is 9.97. The highest BCUT2D eigenvalue weighted by molar-refractivity contribution is 7.18. The topological polar surface area (TPSA) is 16.8 Å². The van der Waals surface area contributed by atoms with Gasteiger partial charge in [-0.05, 0) is 38.0 Å². The fourth-order valence-corrected chi connectivity index (χ4v) is 3.68. The summed E-state index contributed by atoms with van der Waals surface area (Å²) in [6.45, 7) is 5.28. The maximum Gasteiger partial charge on any atom is 0.214 e. The fraction of sp³-hybridized carbons (Fsp3) is 0.368. The molecule has 3 heteroatoms. The molecule has 0 spiro atoms. The second-order valence-electron chi connectivity index (χ2n) is 5.92. The van der Waals surface area contributed by atoms with Crippen molar-refractivity contribution in [3.8, 4) is 11.3 Å². The van der Waals surface area contributed by atoms with Crippen LogP contribution in [0, 0.1) is 20.8 Å². The van der Waals surface area contributed by atoms with Crippen LogP contribution in [0.25, 0.3) is 21.5 Å². The molecule has 0 aliphatic rings. The van der Waals surface area contributed by atoms with Gasteiger partial charge in [0.1, 0.15) is 11.7 Å². The monoisotopic (exact) mass is 315 g/mol. The Hall–Kier alpha value is -1.74. The first kappa shape index (κ1) is 10.9. The van der Waals surface area contributed by atoms with Crippen LogP contribution in [0.2, 0.25) is 0 Å². The van der Waals surface area contributed by atoms with Crippen LogP contribution in [0.3, 0.4) is 0 Å². The van der Waals surface area contributed by atoms with Gasteiger partial charge in [-0.2, -0.15) is 4.57 Å². The summed E-state index contributed by atoms with van der Waals surface area (Å²) in [5.41, 5.74) is 6.56. The molecule has 2 heterocycles. The van der Waals surface area contributed by atoms with Crippen LogP contribution in [0.4, 0.5) is 0 Å². The minimum absolute atomic E-state index is 0.321. The molecule has 3 rings (SSSR count). The number of hydrogen-bond acceptors (Lipinski definition) is 2. The maximum absolute atomic E-state index is 8.29. The van der Waals surface area contributed by atoms with E-state index in [0.717, 1.165) is 21.5 Å². The lowest BCUT2D eigenvalue weighted by Crippen LogP contribution is -2.30. The summed E-state index contributed by atoms with van der Waals surface area (Å²) in [6, 6.07) is 6.32. The summed E-state index contributed by atoms with van der Waals surface area (Å²) >= 11 is 1.28. The highest BCUT2D eigenvalue weighted by Gasteiger charge is 2.18. The quantitative estimate of drug-likeness (QED) is 0.619. The van der Waals surface area contributed by atoms with Crippen LogP contribution in [0.1, 0.15) is 46.9 Å². The molecular formula is C19H23N2S+. The highest BCUT2D eigenvalue weighted by atomic mass is 32.1. The van der Waals surface area contributed by atoms with Crippen molar-refractivity contribution in [1.29, 1.82) is 0 Å². The van der Waals surface area contributed by atoms with E-state index >= 15 is 0 Å². The molecular weight excluding hydrogens is 288 g/mol. The molecule has 0 bridgehead atoms. The Bertz CT molecular complexity index is 1000. The van der Waals surface area contributed by atoms with Crippen molar-refractivity contribution in [3.05, 3.63) is 46.1 Å². The third-order valence-electron chi connectivity index (χ3n) is 4.05. The first-order valence-electron chi connectivity index (χ1n) is 9.31. The summed E-state index contributed by atoms with van der Waals surface area (Å²) < 4.78 is 34.2. The average molecular weight is 315 g/mol. The summed E-state index contributed by atoms with van der Waals surface area (Å²) in [7, 11) is 1.98. The van der Waals surface area contributed by atoms with E-state index in [4.69, 9.17) is 5.48 Å². The van der Waals surface area contributed by atoms with Crippen LogP contribution >= 0.6 is 11.3 Å². The number of aromatic nitrogens is 2. The van der Waals surface area contributed by atoms with Gasteiger partial charge >= 0.3 is 0 Å². The molecule has 1 aromatic carbocycles. The molecule has 0 radical (unpaired) electrons. The average Bonchev–Trinajstić information content (AvgIpc) is 2.92. The van der Waals surface area contributed by atoms with Crippen molar-refractivity contribution in [2.75, 3.05) is 0 Å². The Labute approximate surface area is 142 Å². The van der Waals surface area contributed by atoms with Crippen molar-refractivity contribution in [1.82, 2.24) is 4.98 Å². The molecule has 0 N–H and O–H groups in total. The Balaban J connectivity index is 2.21. The second-order valence-corrected chi connectivity index (χ2v) is 6.95. The number of fused-ring (bicyclic) bond motifs is 1. The van der Waals surface area contributed by atoms with Crippen molar-refractivity contribution in [2.45, 2.75) is 40.4 Å². The first-order chi connectivity index (χ1) is 11.9. The third-order valence-corrected chi connectivity index (χ3v) is 5.18. The summed E-state index contributed by atoms with van der Waals surface area (Å²) in [5, 5.41) is 0.321. The number of aryl methyl sites for hydroxylation is 3. The Morgan fingerprint density at radius 2 is 2.05 bits per heavy atom. The molecule has 0 saturated heterocycles. The molecule has 1 atom stereocenters. The lowest BCUT2D eigenvalue weighted by molar-refractivity contribution is -0.659. The number of nitrogens with zero attached hydrogens (tertiary/aromatic N) is 2. The van der Waals surface area contributed by atoms with Crippen LogP contribution in [-0.4, -0.2) is 4.98 Å². The lowest BCUT2D eigenvalue weighted by Gasteiger charge is -2.09. The standard InChI is InChI=1S/C19H23N2S/c1-11(2)19-20-16-9-17(21(6)10-18(16)22-19)15-8-12(3)7-13(4)14(15)5/h7-11H,1-6H3/q+1/i1D3,11D. The molecule has 1 unspecified atom stereocenters. The highest BCUT2D eigenvalue weighted by Crippen LogP contribution is 2.30. The van der Waals surface area contributed by atoms with E-state index in [0.29, 0.717) is 5.01 Å². The Morgan fingerprint density at radius 3 is 2.77 bits per heavy atom. The van der Waals surface area contributed by atoms with E-state index in [1.807, 2.05) is 23.9 Å². The van der Waals surface area contributed by atoms with Gasteiger partial charge in [0.2, 0.25) is 5.69 Å². The zero-order valence-electron chi connectivity index (χ0n) is 17.6. The number of thiazole rings is 1. The molecule has 2 aromatic heterocycles. The molecule has 2 nitrogen and oxygen atoms in total. The SMILES string of the molecule is [2H]C([2H])([2H])C([2H])(C)c1nc2cc(-c3cc(C)cc(C)c3C)[n+](C)cc2s1. The molecule has 3 aromatic rings. The number of hydrogen-bond donors (Lipinski definition) is 0. The third kappa shape index (κ3) is 2.54. The zero-order chi connectivity index (χ0) is 19.4. The van der Waals surface area contributed by atoms with E-state index in [1.54, 1.807) is 0 Å². The van der Waals surface area contributed by atoms with Crippen molar-refractivity contribution >= 4 is 21.6 Å². The molecule has 0 saturated carbocycles. The minimum atomic E-state index is -2.42. The van der Waals surface area contributed by atoms with Crippen LogP contribution in [0.5, 0.6) is 0 Å². The van der Waals surface area contributed by atoms with E-state index < -0.39 is 12.7 Å². The Morgan fingerprint density at radius 1 is 1.27 bits per heavy atom. The molecule has 0 aliphatic carbocycles. The van der Waals surface area contributed by atoms with Gasteiger partial charge in [-0.1, -0.05) is 25.4 Å². The van der Waals surface area contributed by atoms with E-state index in [-0.39, 0.29) is 0 Å². The van der Waals surface area contributed by atoms with Crippen LogP contribution < -0.4 is 4.57 Å². The normalized spacial score (nSPS) is 17.5. The van der Waals surface area contributed by atoms with Crippen LogP contribution in [0.15, 0.2) is 24.4 Å². The molecule has 114 valence electrons. The minimum Gasteiger partial charge on any atom is -0.240 e. The second kappa shape index (κ2) is 5.47. The van der Waals surface area contributed by atoms with Gasteiger partial charge in [-0.3, -0.25) is 0 Å². The van der Waals surface area contributed by atoms with Crippen molar-refractivity contribution in [2.24, 2.45) is 7.05 Å². The molecule has 0 fully saturated rings. The molecule has 22 heavy (non-hydrogen) atoms. The predicted molar refractivity (Wildman–Crippen MR) is 94.5 cm³/mol. The molecule has 0 aliphatic heterocycles. The predicted octanol–water partition coefficient (Wildman–Crippen LogP) is 4.84. The summed E-state index contributed by atoms with van der Waals surface area (Å²) in [6.07, 6.45) is 1.97. The van der Waals surface area contributed by atoms with Crippen molar-refractivity contribution < 1.29 is 10.1 Å². The van der Waals surface area contributed by atoms with Gasteiger partial charge in [-0.15, -0.1) is 11.3 Å². The fourth-order valence-electron chi connectivity index (χ4n) is 2.75. The number of pyridine rings is 1. The largest absolute Gasteiger partial charge is 0.240 e. The summed E-state index contributed by atoms with van der Waals surface area (Å²) in [5.74, 6) is -1.72. The summed E-state index contributed by atoms with van der Waals surface area (Å²) in [4.78, 5) is 4.51. The van der Waals surface area contributed by atoms with Gasteiger partial charge < -0.3 is 0 Å². The first-order valence-corrected chi connectivity index (χ1v) is 8.12. The van der Waals surface area contributed by atoms with Crippen LogP contribution in [-0.2, 0) is 7.05 Å². The smallest absolute Gasteiger partial charge is 0.214 e. The van der Waals surface area contributed by atoms with E-state index in [1.165, 1.54) is 35.0 Å². The van der Waals surface area contributed by atoms with E-state index in [9.17, 15) is 0 Å². The van der Waals surface area contributed by atoms with Gasteiger partial charge in [0.05, 0.1) is 10.5 Å².